The molecule has 1 atom stereocenters. The molecule has 0 aromatic heterocycles. The number of rotatable bonds is 5. The highest BCUT2D eigenvalue weighted by Crippen LogP contribution is 2.58. The van der Waals surface area contributed by atoms with Gasteiger partial charge in [0.2, 0.25) is 5.91 Å². The van der Waals surface area contributed by atoms with Gasteiger partial charge in [0.05, 0.1) is 12.7 Å². The van der Waals surface area contributed by atoms with Crippen molar-refractivity contribution in [2.75, 3.05) is 26.2 Å². The molecule has 1 amide bonds. The van der Waals surface area contributed by atoms with E-state index in [1.165, 1.54) is 51.4 Å². The molecular weight excluding hydrogens is 300 g/mol. The lowest BCUT2D eigenvalue weighted by Gasteiger charge is -2.23. The molecule has 5 heteroatoms. The van der Waals surface area contributed by atoms with Gasteiger partial charge in [0.25, 0.3) is 0 Å². The molecule has 2 aliphatic carbocycles. The highest BCUT2D eigenvalue weighted by molar-refractivity contribution is 5.85. The Kier molecular flexibility index (Phi) is 6.97. The largest absolute Gasteiger partial charge is 0.376 e. The van der Waals surface area contributed by atoms with Gasteiger partial charge in [-0.05, 0) is 50.6 Å². The molecule has 0 aromatic carbocycles. The molecule has 1 heterocycles. The van der Waals surface area contributed by atoms with Crippen LogP contribution in [-0.2, 0) is 9.53 Å². The highest BCUT2D eigenvalue weighted by atomic mass is 35.5. The first kappa shape index (κ1) is 18.0. The van der Waals surface area contributed by atoms with Gasteiger partial charge < -0.3 is 15.4 Å². The van der Waals surface area contributed by atoms with Gasteiger partial charge in [-0.1, -0.05) is 25.7 Å². The summed E-state index contributed by atoms with van der Waals surface area (Å²) >= 11 is 0. The number of carbonyl (C=O) groups excluding carboxylic acids is 1. The lowest BCUT2D eigenvalue weighted by atomic mass is 9.92. The van der Waals surface area contributed by atoms with Crippen LogP contribution in [0.5, 0.6) is 0 Å². The second kappa shape index (κ2) is 8.51. The standard InChI is InChI=1S/C17H30N2O2.ClH/c20-16(15-13-17(15)7-9-18-10-8-17)19-11-12-21-14-5-3-1-2-4-6-14;/h14-15,18H,1-13H2,(H,19,20);1H. The summed E-state index contributed by atoms with van der Waals surface area (Å²) in [6, 6.07) is 0. The van der Waals surface area contributed by atoms with E-state index in [1.807, 2.05) is 0 Å². The third-order valence-electron chi connectivity index (χ3n) is 5.66. The van der Waals surface area contributed by atoms with Crippen molar-refractivity contribution < 1.29 is 9.53 Å². The van der Waals surface area contributed by atoms with Gasteiger partial charge in [0.15, 0.2) is 0 Å². The summed E-state index contributed by atoms with van der Waals surface area (Å²) in [6.07, 6.45) is 11.6. The normalized spacial score (nSPS) is 27.7. The molecule has 0 aromatic rings. The molecule has 4 nitrogen and oxygen atoms in total. The molecule has 1 spiro atoms. The number of hydrogen-bond acceptors (Lipinski definition) is 3. The maximum absolute atomic E-state index is 12.2. The first-order chi connectivity index (χ1) is 10.3. The summed E-state index contributed by atoms with van der Waals surface area (Å²) in [7, 11) is 0. The molecule has 3 fully saturated rings. The van der Waals surface area contributed by atoms with E-state index >= 15 is 0 Å². The second-order valence-corrected chi connectivity index (χ2v) is 7.14. The van der Waals surface area contributed by atoms with Gasteiger partial charge in [-0.3, -0.25) is 4.79 Å². The molecule has 128 valence electrons. The quantitative estimate of drug-likeness (QED) is 0.602. The Bertz CT molecular complexity index is 351. The predicted octanol–water partition coefficient (Wildman–Crippen LogP) is 2.65. The van der Waals surface area contributed by atoms with Crippen LogP contribution >= 0.6 is 12.4 Å². The van der Waals surface area contributed by atoms with Crippen LogP contribution < -0.4 is 10.6 Å². The molecule has 3 rings (SSSR count). The predicted molar refractivity (Wildman–Crippen MR) is 90.3 cm³/mol. The Morgan fingerprint density at radius 2 is 1.82 bits per heavy atom. The van der Waals surface area contributed by atoms with Gasteiger partial charge in [0, 0.05) is 12.5 Å². The first-order valence-corrected chi connectivity index (χ1v) is 8.90. The van der Waals surface area contributed by atoms with Crippen molar-refractivity contribution in [1.29, 1.82) is 0 Å². The second-order valence-electron chi connectivity index (χ2n) is 7.14. The number of ether oxygens (including phenoxy) is 1. The molecule has 1 unspecified atom stereocenters. The highest BCUT2D eigenvalue weighted by Gasteiger charge is 2.57. The summed E-state index contributed by atoms with van der Waals surface area (Å²) in [5.74, 6) is 0.541. The third-order valence-corrected chi connectivity index (χ3v) is 5.66. The van der Waals surface area contributed by atoms with Crippen molar-refractivity contribution in [3.05, 3.63) is 0 Å². The van der Waals surface area contributed by atoms with Crippen LogP contribution in [0.25, 0.3) is 0 Å². The van der Waals surface area contributed by atoms with E-state index in [1.54, 1.807) is 0 Å². The zero-order valence-electron chi connectivity index (χ0n) is 13.6. The molecule has 1 saturated heterocycles. The van der Waals surface area contributed by atoms with Crippen molar-refractivity contribution in [2.45, 2.75) is 63.9 Å². The van der Waals surface area contributed by atoms with Crippen molar-refractivity contribution in [3.8, 4) is 0 Å². The fraction of sp³-hybridized carbons (Fsp3) is 0.941. The molecule has 3 aliphatic rings. The molecule has 0 radical (unpaired) electrons. The lowest BCUT2D eigenvalue weighted by Crippen LogP contribution is -2.35. The molecular formula is C17H31ClN2O2. The summed E-state index contributed by atoms with van der Waals surface area (Å²) in [5, 5.41) is 6.47. The lowest BCUT2D eigenvalue weighted by molar-refractivity contribution is -0.123. The number of carbonyl (C=O) groups is 1. The summed E-state index contributed by atoms with van der Waals surface area (Å²) in [5.41, 5.74) is 0.345. The van der Waals surface area contributed by atoms with E-state index < -0.39 is 0 Å². The number of amides is 1. The smallest absolute Gasteiger partial charge is 0.223 e. The van der Waals surface area contributed by atoms with E-state index in [0.29, 0.717) is 24.7 Å². The summed E-state index contributed by atoms with van der Waals surface area (Å²) in [6.45, 7) is 3.51. The van der Waals surface area contributed by atoms with Crippen LogP contribution in [0.2, 0.25) is 0 Å². The number of halogens is 1. The van der Waals surface area contributed by atoms with E-state index in [-0.39, 0.29) is 24.2 Å². The zero-order chi connectivity index (χ0) is 14.5. The minimum Gasteiger partial charge on any atom is -0.376 e. The van der Waals surface area contributed by atoms with E-state index in [9.17, 15) is 4.79 Å². The van der Waals surface area contributed by atoms with Gasteiger partial charge >= 0.3 is 0 Å². The van der Waals surface area contributed by atoms with Gasteiger partial charge in [-0.25, -0.2) is 0 Å². The van der Waals surface area contributed by atoms with Crippen molar-refractivity contribution >= 4 is 18.3 Å². The number of hydrogen-bond donors (Lipinski definition) is 2. The Balaban J connectivity index is 0.00000176. The van der Waals surface area contributed by atoms with Crippen LogP contribution in [0.3, 0.4) is 0 Å². The van der Waals surface area contributed by atoms with Crippen LogP contribution in [0.1, 0.15) is 57.8 Å². The van der Waals surface area contributed by atoms with Gasteiger partial charge in [-0.15, -0.1) is 12.4 Å². The van der Waals surface area contributed by atoms with Gasteiger partial charge in [0.1, 0.15) is 0 Å². The van der Waals surface area contributed by atoms with Crippen molar-refractivity contribution in [2.24, 2.45) is 11.3 Å². The Morgan fingerprint density at radius 3 is 2.50 bits per heavy atom. The Labute approximate surface area is 140 Å². The minimum atomic E-state index is 0. The summed E-state index contributed by atoms with van der Waals surface area (Å²) in [4.78, 5) is 12.2. The monoisotopic (exact) mass is 330 g/mol. The zero-order valence-corrected chi connectivity index (χ0v) is 14.4. The SMILES string of the molecule is Cl.O=C(NCCOC1CCCCCC1)C1CC12CCNCC2. The number of piperidine rings is 1. The molecule has 22 heavy (non-hydrogen) atoms. The van der Waals surface area contributed by atoms with E-state index in [0.717, 1.165) is 19.5 Å². The fourth-order valence-corrected chi connectivity index (χ4v) is 4.13. The third kappa shape index (κ3) is 4.59. The Morgan fingerprint density at radius 1 is 1.14 bits per heavy atom. The average Bonchev–Trinajstić information content (AvgIpc) is 3.25. The van der Waals surface area contributed by atoms with Crippen LogP contribution in [0.4, 0.5) is 0 Å². The average molecular weight is 331 g/mol. The Hall–Kier alpha value is -0.320. The van der Waals surface area contributed by atoms with Crippen LogP contribution in [0.15, 0.2) is 0 Å². The molecule has 2 saturated carbocycles. The van der Waals surface area contributed by atoms with E-state index in [4.69, 9.17) is 4.74 Å². The maximum Gasteiger partial charge on any atom is 0.223 e. The number of nitrogens with one attached hydrogen (secondary N) is 2. The maximum atomic E-state index is 12.2. The van der Waals surface area contributed by atoms with Crippen LogP contribution in [0, 0.1) is 11.3 Å². The van der Waals surface area contributed by atoms with Crippen molar-refractivity contribution in [3.63, 3.8) is 0 Å². The van der Waals surface area contributed by atoms with E-state index in [2.05, 4.69) is 10.6 Å². The molecule has 2 N–H and O–H groups in total. The molecule has 0 bridgehead atoms. The van der Waals surface area contributed by atoms with Crippen LogP contribution in [-0.4, -0.2) is 38.3 Å². The van der Waals surface area contributed by atoms with Crippen molar-refractivity contribution in [1.82, 2.24) is 10.6 Å². The first-order valence-electron chi connectivity index (χ1n) is 8.90. The molecule has 1 aliphatic heterocycles. The topological polar surface area (TPSA) is 50.4 Å². The van der Waals surface area contributed by atoms with Gasteiger partial charge in [-0.2, -0.15) is 0 Å². The fourth-order valence-electron chi connectivity index (χ4n) is 4.13. The summed E-state index contributed by atoms with van der Waals surface area (Å²) < 4.78 is 5.93. The minimum absolute atomic E-state index is 0.